The molecule has 3 rings (SSSR count). The quantitative estimate of drug-likeness (QED) is 0.783. The van der Waals surface area contributed by atoms with Crippen LogP contribution in [0.5, 0.6) is 0 Å². The predicted octanol–water partition coefficient (Wildman–Crippen LogP) is 3.57. The minimum Gasteiger partial charge on any atom is -0.350 e. The molecule has 0 bridgehead atoms. The zero-order valence-electron chi connectivity index (χ0n) is 14.0. The Bertz CT molecular complexity index is 930. The molecule has 2 amide bonds. The van der Waals surface area contributed by atoms with Gasteiger partial charge in [0.05, 0.1) is 11.3 Å². The summed E-state index contributed by atoms with van der Waals surface area (Å²) >= 11 is 5.13. The van der Waals surface area contributed by atoms with Crippen molar-refractivity contribution < 1.29 is 22.8 Å². The highest BCUT2D eigenvalue weighted by molar-refractivity contribution is 7.80. The molecule has 2 N–H and O–H groups in total. The number of carbonyl (C=O) groups excluding carboxylic acids is 2. The van der Waals surface area contributed by atoms with Crippen LogP contribution in [0.2, 0.25) is 0 Å². The normalized spacial score (nSPS) is 17.0. The SMILES string of the molecule is C[C@@H]1NC(=S)N(c2cccc(C(=O)Nc3cccc(C(F)(F)F)c3)c2)C1=O. The molecular weight excluding hydrogens is 379 g/mol. The van der Waals surface area contributed by atoms with Crippen LogP contribution in [0.25, 0.3) is 0 Å². The van der Waals surface area contributed by atoms with Crippen molar-refractivity contribution in [3.8, 4) is 0 Å². The van der Waals surface area contributed by atoms with Crippen molar-refractivity contribution >= 4 is 40.5 Å². The number of nitrogens with one attached hydrogen (secondary N) is 2. The zero-order valence-corrected chi connectivity index (χ0v) is 14.8. The van der Waals surface area contributed by atoms with E-state index in [1.807, 2.05) is 0 Å². The summed E-state index contributed by atoms with van der Waals surface area (Å²) in [6, 6.07) is 10.0. The van der Waals surface area contributed by atoms with Crippen LogP contribution in [0.1, 0.15) is 22.8 Å². The molecule has 0 unspecified atom stereocenters. The monoisotopic (exact) mass is 393 g/mol. The maximum absolute atomic E-state index is 12.8. The molecule has 140 valence electrons. The van der Waals surface area contributed by atoms with Crippen LogP contribution in [0.4, 0.5) is 24.5 Å². The van der Waals surface area contributed by atoms with Crippen LogP contribution in [-0.2, 0) is 11.0 Å². The molecule has 2 aromatic carbocycles. The molecule has 0 saturated carbocycles. The van der Waals surface area contributed by atoms with Gasteiger partial charge in [-0.15, -0.1) is 0 Å². The van der Waals surface area contributed by atoms with Crippen LogP contribution < -0.4 is 15.5 Å². The number of amides is 2. The van der Waals surface area contributed by atoms with Crippen molar-refractivity contribution in [3.05, 3.63) is 59.7 Å². The molecule has 1 heterocycles. The third-order valence-corrected chi connectivity index (χ3v) is 4.25. The van der Waals surface area contributed by atoms with E-state index in [0.29, 0.717) is 5.69 Å². The Hall–Kier alpha value is -2.94. The molecule has 0 radical (unpaired) electrons. The number of hydrogen-bond donors (Lipinski definition) is 2. The largest absolute Gasteiger partial charge is 0.416 e. The van der Waals surface area contributed by atoms with Crippen LogP contribution in [0.15, 0.2) is 48.5 Å². The molecule has 0 aromatic heterocycles. The van der Waals surface area contributed by atoms with Crippen LogP contribution in [-0.4, -0.2) is 23.0 Å². The van der Waals surface area contributed by atoms with Gasteiger partial charge in [-0.1, -0.05) is 12.1 Å². The Kier molecular flexibility index (Phi) is 4.88. The minimum absolute atomic E-state index is 0.0169. The number of carbonyl (C=O) groups is 2. The van der Waals surface area contributed by atoms with Crippen molar-refractivity contribution in [3.63, 3.8) is 0 Å². The fourth-order valence-corrected chi connectivity index (χ4v) is 2.98. The second-order valence-electron chi connectivity index (χ2n) is 5.93. The van der Waals surface area contributed by atoms with Gasteiger partial charge in [0, 0.05) is 11.3 Å². The first-order valence-corrected chi connectivity index (χ1v) is 8.31. The molecule has 9 heteroatoms. The van der Waals surface area contributed by atoms with Gasteiger partial charge < -0.3 is 10.6 Å². The average molecular weight is 393 g/mol. The zero-order chi connectivity index (χ0) is 19.8. The molecule has 0 aliphatic carbocycles. The Morgan fingerprint density at radius 2 is 1.89 bits per heavy atom. The lowest BCUT2D eigenvalue weighted by atomic mass is 10.1. The number of halogens is 3. The Morgan fingerprint density at radius 1 is 1.19 bits per heavy atom. The summed E-state index contributed by atoms with van der Waals surface area (Å²) in [4.78, 5) is 25.9. The van der Waals surface area contributed by atoms with Crippen molar-refractivity contribution in [2.75, 3.05) is 10.2 Å². The van der Waals surface area contributed by atoms with Crippen molar-refractivity contribution in [1.82, 2.24) is 5.32 Å². The number of alkyl halides is 3. The summed E-state index contributed by atoms with van der Waals surface area (Å²) in [5.74, 6) is -0.856. The lowest BCUT2D eigenvalue weighted by molar-refractivity contribution is -0.137. The maximum atomic E-state index is 12.8. The summed E-state index contributed by atoms with van der Waals surface area (Å²) in [6.45, 7) is 1.67. The van der Waals surface area contributed by atoms with Gasteiger partial charge in [0.2, 0.25) is 0 Å². The molecule has 2 aromatic rings. The minimum atomic E-state index is -4.50. The van der Waals surface area contributed by atoms with Crippen LogP contribution in [0, 0.1) is 0 Å². The maximum Gasteiger partial charge on any atom is 0.416 e. The van der Waals surface area contributed by atoms with Crippen LogP contribution in [0.3, 0.4) is 0 Å². The second-order valence-corrected chi connectivity index (χ2v) is 6.31. The highest BCUT2D eigenvalue weighted by Crippen LogP contribution is 2.31. The molecule has 0 spiro atoms. The van der Waals surface area contributed by atoms with E-state index in [1.165, 1.54) is 29.2 Å². The van der Waals surface area contributed by atoms with E-state index < -0.39 is 23.7 Å². The van der Waals surface area contributed by atoms with Crippen LogP contribution >= 0.6 is 12.2 Å². The van der Waals surface area contributed by atoms with E-state index >= 15 is 0 Å². The Morgan fingerprint density at radius 3 is 2.52 bits per heavy atom. The summed E-state index contributed by atoms with van der Waals surface area (Å²) in [5, 5.41) is 5.48. The van der Waals surface area contributed by atoms with Gasteiger partial charge in [-0.25, -0.2) is 0 Å². The molecule has 5 nitrogen and oxygen atoms in total. The number of anilines is 2. The highest BCUT2D eigenvalue weighted by Gasteiger charge is 2.33. The predicted molar refractivity (Wildman–Crippen MR) is 98.5 cm³/mol. The Balaban J connectivity index is 1.83. The van der Waals surface area contributed by atoms with Gasteiger partial charge >= 0.3 is 6.18 Å². The van der Waals surface area contributed by atoms with Gasteiger partial charge in [-0.3, -0.25) is 14.5 Å². The Labute approximate surface area is 158 Å². The van der Waals surface area contributed by atoms with Crippen molar-refractivity contribution in [1.29, 1.82) is 0 Å². The first kappa shape index (κ1) is 18.8. The van der Waals surface area contributed by atoms with E-state index in [1.54, 1.807) is 19.1 Å². The molecule has 1 saturated heterocycles. The van der Waals surface area contributed by atoms with Gasteiger partial charge in [0.25, 0.3) is 11.8 Å². The topological polar surface area (TPSA) is 61.4 Å². The molecule has 1 atom stereocenters. The van der Waals surface area contributed by atoms with Gasteiger partial charge in [-0.05, 0) is 55.5 Å². The molecule has 27 heavy (non-hydrogen) atoms. The molecular formula is C18H14F3N3O2S. The number of thiocarbonyl (C=S) groups is 1. The fraction of sp³-hybridized carbons (Fsp3) is 0.167. The summed E-state index contributed by atoms with van der Waals surface area (Å²) in [6.07, 6.45) is -4.50. The molecule has 1 aliphatic rings. The van der Waals surface area contributed by atoms with E-state index in [2.05, 4.69) is 10.6 Å². The third kappa shape index (κ3) is 3.92. The van der Waals surface area contributed by atoms with E-state index in [9.17, 15) is 22.8 Å². The molecule has 1 aliphatic heterocycles. The number of nitrogens with zero attached hydrogens (tertiary/aromatic N) is 1. The van der Waals surface area contributed by atoms with Gasteiger partial charge in [0.15, 0.2) is 5.11 Å². The lowest BCUT2D eigenvalue weighted by Crippen LogP contribution is -2.30. The fourth-order valence-electron chi connectivity index (χ4n) is 2.61. The smallest absolute Gasteiger partial charge is 0.350 e. The number of benzene rings is 2. The summed E-state index contributed by atoms with van der Waals surface area (Å²) < 4.78 is 38.4. The van der Waals surface area contributed by atoms with E-state index in [4.69, 9.17) is 12.2 Å². The average Bonchev–Trinajstić information content (AvgIpc) is 2.86. The standard InChI is InChI=1S/C18H14F3N3O2S/c1-10-16(26)24(17(27)22-10)14-7-2-4-11(8-14)15(25)23-13-6-3-5-12(9-13)18(19,20)21/h2-10H,1H3,(H,22,27)(H,23,25)/t10-/m0/s1. The third-order valence-electron chi connectivity index (χ3n) is 3.95. The summed E-state index contributed by atoms with van der Waals surface area (Å²) in [5.41, 5.74) is -0.260. The lowest BCUT2D eigenvalue weighted by Gasteiger charge is -2.16. The molecule has 1 fully saturated rings. The van der Waals surface area contributed by atoms with Crippen molar-refractivity contribution in [2.45, 2.75) is 19.1 Å². The highest BCUT2D eigenvalue weighted by atomic mass is 32.1. The van der Waals surface area contributed by atoms with E-state index in [-0.39, 0.29) is 22.3 Å². The van der Waals surface area contributed by atoms with E-state index in [0.717, 1.165) is 12.1 Å². The first-order valence-electron chi connectivity index (χ1n) is 7.90. The first-order chi connectivity index (χ1) is 12.7. The van der Waals surface area contributed by atoms with Gasteiger partial charge in [-0.2, -0.15) is 13.2 Å². The summed E-state index contributed by atoms with van der Waals surface area (Å²) in [7, 11) is 0. The van der Waals surface area contributed by atoms with Gasteiger partial charge in [0.1, 0.15) is 6.04 Å². The van der Waals surface area contributed by atoms with Crippen molar-refractivity contribution in [2.24, 2.45) is 0 Å². The number of rotatable bonds is 3. The number of hydrogen-bond acceptors (Lipinski definition) is 3. The second kappa shape index (κ2) is 6.99.